The molecule has 0 bridgehead atoms. The highest BCUT2D eigenvalue weighted by Gasteiger charge is 2.27. The standard InChI is InChI=1S/C4H7N3O4S/c1-3-4(6-11-7(3)8)12(9,10)5-2/h5H,1-2H3. The van der Waals surface area contributed by atoms with Crippen molar-refractivity contribution in [2.75, 3.05) is 7.05 Å². The lowest BCUT2D eigenvalue weighted by Gasteiger charge is -1.91. The van der Waals surface area contributed by atoms with Crippen LogP contribution in [0.4, 0.5) is 0 Å². The molecule has 0 saturated carbocycles. The minimum atomic E-state index is -3.68. The van der Waals surface area contributed by atoms with Crippen LogP contribution in [-0.2, 0) is 10.0 Å². The number of aromatic nitrogens is 2. The van der Waals surface area contributed by atoms with Crippen molar-refractivity contribution >= 4 is 10.0 Å². The summed E-state index contributed by atoms with van der Waals surface area (Å²) >= 11 is 0. The van der Waals surface area contributed by atoms with Gasteiger partial charge in [0.15, 0.2) is 0 Å². The van der Waals surface area contributed by atoms with E-state index in [9.17, 15) is 13.6 Å². The Bertz CT molecular complexity index is 381. The first-order valence-electron chi connectivity index (χ1n) is 2.99. The molecule has 1 N–H and O–H groups in total. The molecule has 1 rings (SSSR count). The number of hydrogen-bond donors (Lipinski definition) is 1. The molecule has 7 nitrogen and oxygen atoms in total. The highest BCUT2D eigenvalue weighted by Crippen LogP contribution is 2.05. The van der Waals surface area contributed by atoms with Crippen molar-refractivity contribution in [1.29, 1.82) is 0 Å². The Morgan fingerprint density at radius 1 is 1.67 bits per heavy atom. The maximum absolute atomic E-state index is 11.0. The molecule has 0 atom stereocenters. The predicted molar refractivity (Wildman–Crippen MR) is 36.4 cm³/mol. The molecule has 12 heavy (non-hydrogen) atoms. The molecule has 68 valence electrons. The van der Waals surface area contributed by atoms with Crippen LogP contribution in [0, 0.1) is 12.1 Å². The molecule has 1 heterocycles. The van der Waals surface area contributed by atoms with E-state index in [0.717, 1.165) is 0 Å². The zero-order valence-corrected chi connectivity index (χ0v) is 7.25. The van der Waals surface area contributed by atoms with Crippen LogP contribution in [0.1, 0.15) is 5.69 Å². The summed E-state index contributed by atoms with van der Waals surface area (Å²) in [5.74, 6) is 0. The lowest BCUT2D eigenvalue weighted by atomic mass is 10.6. The Morgan fingerprint density at radius 3 is 2.58 bits per heavy atom. The fourth-order valence-corrected chi connectivity index (χ4v) is 1.41. The Balaban J connectivity index is 3.30. The van der Waals surface area contributed by atoms with Gasteiger partial charge in [0, 0.05) is 6.92 Å². The molecular formula is C4H7N3O4S. The van der Waals surface area contributed by atoms with Gasteiger partial charge in [-0.15, -0.1) is 0 Å². The van der Waals surface area contributed by atoms with E-state index in [-0.39, 0.29) is 15.6 Å². The molecule has 0 aliphatic rings. The maximum Gasteiger partial charge on any atom is 0.348 e. The average Bonchev–Trinajstić information content (AvgIpc) is 2.33. The molecule has 1 aromatic rings. The largest absolute Gasteiger partial charge is 0.359 e. The fourth-order valence-electron chi connectivity index (χ4n) is 0.620. The van der Waals surface area contributed by atoms with Gasteiger partial charge in [-0.25, -0.2) is 13.1 Å². The molecule has 0 radical (unpaired) electrons. The van der Waals surface area contributed by atoms with E-state index in [4.69, 9.17) is 0 Å². The van der Waals surface area contributed by atoms with Gasteiger partial charge in [-0.3, -0.25) is 4.63 Å². The second-order valence-corrected chi connectivity index (χ2v) is 3.83. The molecule has 0 aromatic carbocycles. The molecule has 0 aliphatic heterocycles. The van der Waals surface area contributed by atoms with Gasteiger partial charge in [0.05, 0.1) is 5.16 Å². The number of nitrogens with zero attached hydrogens (tertiary/aromatic N) is 2. The summed E-state index contributed by atoms with van der Waals surface area (Å²) in [5.41, 5.74) is -0.0932. The van der Waals surface area contributed by atoms with Crippen LogP contribution in [0.3, 0.4) is 0 Å². The Labute approximate surface area is 68.6 Å². The van der Waals surface area contributed by atoms with Crippen LogP contribution in [0.5, 0.6) is 0 Å². The Hall–Kier alpha value is -1.15. The first-order chi connectivity index (χ1) is 5.49. The van der Waals surface area contributed by atoms with Crippen molar-refractivity contribution in [3.05, 3.63) is 10.9 Å². The van der Waals surface area contributed by atoms with E-state index in [0.29, 0.717) is 0 Å². The third-order valence-corrected chi connectivity index (χ3v) is 2.72. The molecule has 0 unspecified atom stereocenters. The fraction of sp³-hybridized carbons (Fsp3) is 0.500. The summed E-state index contributed by atoms with van der Waals surface area (Å²) in [5, 5.41) is 13.3. The number of hydrogen-bond acceptors (Lipinski definition) is 5. The van der Waals surface area contributed by atoms with Gasteiger partial charge in [-0.2, -0.15) is 0 Å². The molecule has 0 amide bonds. The van der Waals surface area contributed by atoms with Crippen LogP contribution in [-0.4, -0.2) is 20.6 Å². The number of sulfonamides is 1. The van der Waals surface area contributed by atoms with Crippen molar-refractivity contribution in [2.45, 2.75) is 11.9 Å². The summed E-state index contributed by atoms with van der Waals surface area (Å²) in [6.45, 7) is 1.30. The van der Waals surface area contributed by atoms with Crippen LogP contribution in [0.2, 0.25) is 0 Å². The molecule has 1 aromatic heterocycles. The predicted octanol–water partition coefficient (Wildman–Crippen LogP) is -1.48. The molecule has 0 aliphatic carbocycles. The van der Waals surface area contributed by atoms with Gasteiger partial charge in [0.1, 0.15) is 0 Å². The summed E-state index contributed by atoms with van der Waals surface area (Å²) in [6.07, 6.45) is 0. The monoisotopic (exact) mass is 193 g/mol. The number of rotatable bonds is 2. The van der Waals surface area contributed by atoms with E-state index >= 15 is 0 Å². The lowest BCUT2D eigenvalue weighted by Crippen LogP contribution is -2.28. The second-order valence-electron chi connectivity index (χ2n) is 2.03. The minimum Gasteiger partial charge on any atom is -0.359 e. The van der Waals surface area contributed by atoms with Gasteiger partial charge in [-0.05, 0) is 12.0 Å². The normalized spacial score (nSPS) is 11.8. The van der Waals surface area contributed by atoms with Gasteiger partial charge in [0.25, 0.3) is 10.0 Å². The zero-order chi connectivity index (χ0) is 9.35. The highest BCUT2D eigenvalue weighted by molar-refractivity contribution is 7.89. The third-order valence-electron chi connectivity index (χ3n) is 1.30. The molecular weight excluding hydrogens is 186 g/mol. The SMILES string of the molecule is CNS(=O)(=O)c1no[n+]([O-])c1C. The van der Waals surface area contributed by atoms with Crippen LogP contribution >= 0.6 is 0 Å². The smallest absolute Gasteiger partial charge is 0.348 e. The second kappa shape index (κ2) is 2.72. The number of nitrogens with one attached hydrogen (secondary N) is 1. The van der Waals surface area contributed by atoms with Crippen molar-refractivity contribution < 1.29 is 17.9 Å². The molecule has 8 heteroatoms. The molecule has 0 saturated heterocycles. The van der Waals surface area contributed by atoms with Gasteiger partial charge < -0.3 is 5.21 Å². The average molecular weight is 193 g/mol. The highest BCUT2D eigenvalue weighted by atomic mass is 32.2. The minimum absolute atomic E-state index is 0.0320. The van der Waals surface area contributed by atoms with Gasteiger partial charge in [-0.1, -0.05) is 0 Å². The first-order valence-corrected chi connectivity index (χ1v) is 4.47. The van der Waals surface area contributed by atoms with E-state index in [1.807, 2.05) is 4.72 Å². The van der Waals surface area contributed by atoms with Crippen LogP contribution < -0.4 is 9.63 Å². The van der Waals surface area contributed by atoms with E-state index in [1.54, 1.807) is 0 Å². The summed E-state index contributed by atoms with van der Waals surface area (Å²) in [7, 11) is -2.46. The Morgan fingerprint density at radius 2 is 2.25 bits per heavy atom. The van der Waals surface area contributed by atoms with Crippen LogP contribution in [0.25, 0.3) is 0 Å². The zero-order valence-electron chi connectivity index (χ0n) is 6.44. The van der Waals surface area contributed by atoms with Crippen molar-refractivity contribution in [2.24, 2.45) is 0 Å². The lowest BCUT2D eigenvalue weighted by molar-refractivity contribution is -0.807. The summed E-state index contributed by atoms with van der Waals surface area (Å²) in [6, 6.07) is 0. The van der Waals surface area contributed by atoms with E-state index in [2.05, 4.69) is 9.79 Å². The van der Waals surface area contributed by atoms with Crippen molar-refractivity contribution in [3.63, 3.8) is 0 Å². The topological polar surface area (TPSA) is 99.1 Å². The Kier molecular flexibility index (Phi) is 2.02. The van der Waals surface area contributed by atoms with E-state index < -0.39 is 10.0 Å². The third kappa shape index (κ3) is 1.25. The summed E-state index contributed by atoms with van der Waals surface area (Å²) < 4.78 is 28.2. The van der Waals surface area contributed by atoms with Crippen molar-refractivity contribution in [1.82, 2.24) is 9.88 Å². The van der Waals surface area contributed by atoms with Gasteiger partial charge in [0.2, 0.25) is 5.69 Å². The van der Waals surface area contributed by atoms with Gasteiger partial charge >= 0.3 is 5.03 Å². The molecule has 0 fully saturated rings. The summed E-state index contributed by atoms with van der Waals surface area (Å²) in [4.78, 5) is 0.0320. The molecule has 0 spiro atoms. The van der Waals surface area contributed by atoms with Crippen LogP contribution in [0.15, 0.2) is 9.65 Å². The van der Waals surface area contributed by atoms with E-state index in [1.165, 1.54) is 14.0 Å². The first kappa shape index (κ1) is 8.94. The quantitative estimate of drug-likeness (QED) is 0.578. The maximum atomic E-state index is 11.0. The van der Waals surface area contributed by atoms with Crippen molar-refractivity contribution in [3.8, 4) is 0 Å².